The van der Waals surface area contributed by atoms with E-state index in [1.165, 1.54) is 6.92 Å². The van der Waals surface area contributed by atoms with Crippen LogP contribution in [0.5, 0.6) is 0 Å². The molecule has 116 valence electrons. The Labute approximate surface area is 117 Å². The number of methoxy groups -OCH3 is 1. The van der Waals surface area contributed by atoms with Crippen molar-refractivity contribution in [1.29, 1.82) is 0 Å². The van der Waals surface area contributed by atoms with Crippen LogP contribution in [-0.2, 0) is 19.1 Å². The predicted octanol–water partition coefficient (Wildman–Crippen LogP) is -0.450. The molecule has 0 saturated heterocycles. The molecule has 0 aromatic rings. The van der Waals surface area contributed by atoms with E-state index in [2.05, 4.69) is 15.4 Å². The van der Waals surface area contributed by atoms with Gasteiger partial charge in [-0.1, -0.05) is 0 Å². The molecule has 0 spiro atoms. The molecule has 0 saturated carbocycles. The molecule has 20 heavy (non-hydrogen) atoms. The number of aliphatic hydroxyl groups is 1. The zero-order chi connectivity index (χ0) is 15.9. The van der Waals surface area contributed by atoms with Crippen molar-refractivity contribution < 1.29 is 29.0 Å². The Bertz CT molecular complexity index is 361. The molecule has 0 bridgehead atoms. The summed E-state index contributed by atoms with van der Waals surface area (Å²) in [6.45, 7) is 6.02. The fourth-order valence-electron chi connectivity index (χ4n) is 1.19. The highest BCUT2D eigenvalue weighted by Gasteiger charge is 2.26. The molecule has 0 rings (SSSR count). The number of aliphatic hydroxyl groups excluding tert-OH is 1. The zero-order valence-electron chi connectivity index (χ0n) is 12.4. The molecule has 0 unspecified atom stereocenters. The number of amides is 2. The fourth-order valence-corrected chi connectivity index (χ4v) is 1.19. The summed E-state index contributed by atoms with van der Waals surface area (Å²) in [6, 6.07) is -1.19. The zero-order valence-corrected chi connectivity index (χ0v) is 12.4. The average molecular weight is 290 g/mol. The van der Waals surface area contributed by atoms with E-state index < -0.39 is 35.7 Å². The molecule has 8 nitrogen and oxygen atoms in total. The molecule has 0 aliphatic carbocycles. The lowest BCUT2D eigenvalue weighted by Gasteiger charge is -2.21. The maximum Gasteiger partial charge on any atom is 0.408 e. The van der Waals surface area contributed by atoms with Crippen LogP contribution in [0.3, 0.4) is 0 Å². The highest BCUT2D eigenvalue weighted by molar-refractivity contribution is 5.87. The summed E-state index contributed by atoms with van der Waals surface area (Å²) in [4.78, 5) is 34.2. The van der Waals surface area contributed by atoms with Gasteiger partial charge in [0, 0.05) is 0 Å². The molecule has 0 aliphatic rings. The first-order valence-corrected chi connectivity index (χ1v) is 6.09. The van der Waals surface area contributed by atoms with E-state index in [4.69, 9.17) is 4.74 Å². The number of hydrogen-bond donors (Lipinski definition) is 3. The molecular weight excluding hydrogens is 268 g/mol. The van der Waals surface area contributed by atoms with E-state index in [0.29, 0.717) is 0 Å². The molecule has 3 N–H and O–H groups in total. The minimum absolute atomic E-state index is 0.380. The van der Waals surface area contributed by atoms with Crippen molar-refractivity contribution in [1.82, 2.24) is 10.6 Å². The first-order chi connectivity index (χ1) is 9.06. The molecule has 8 heteroatoms. The average Bonchev–Trinajstić information content (AvgIpc) is 2.30. The minimum Gasteiger partial charge on any atom is -0.467 e. The number of carbonyl (C=O) groups excluding carboxylic acids is 3. The number of esters is 1. The minimum atomic E-state index is -1.19. The third kappa shape index (κ3) is 7.57. The van der Waals surface area contributed by atoms with Gasteiger partial charge in [0.05, 0.1) is 13.2 Å². The predicted molar refractivity (Wildman–Crippen MR) is 69.9 cm³/mol. The maximum absolute atomic E-state index is 11.5. The van der Waals surface area contributed by atoms with E-state index >= 15 is 0 Å². The second kappa shape index (κ2) is 7.68. The van der Waals surface area contributed by atoms with Crippen LogP contribution < -0.4 is 10.6 Å². The van der Waals surface area contributed by atoms with Crippen LogP contribution in [0.1, 0.15) is 27.7 Å². The van der Waals surface area contributed by atoms with E-state index in [0.717, 1.165) is 7.11 Å². The Hall–Kier alpha value is -1.83. The normalized spacial score (nSPS) is 13.9. The van der Waals surface area contributed by atoms with Crippen molar-refractivity contribution in [2.45, 2.75) is 45.4 Å². The fraction of sp³-hybridized carbons (Fsp3) is 0.750. The smallest absolute Gasteiger partial charge is 0.408 e. The lowest BCUT2D eigenvalue weighted by molar-refractivity contribution is -0.147. The molecule has 0 heterocycles. The number of alkyl carbamates (subject to hydrolysis) is 1. The summed E-state index contributed by atoms with van der Waals surface area (Å²) in [5.41, 5.74) is -0.672. The van der Waals surface area contributed by atoms with Gasteiger partial charge in [0.1, 0.15) is 12.1 Å². The molecular formula is C12H22N2O6. The Morgan fingerprint density at radius 2 is 1.80 bits per heavy atom. The first kappa shape index (κ1) is 18.2. The number of rotatable bonds is 5. The lowest BCUT2D eigenvalue weighted by atomic mass is 10.2. The van der Waals surface area contributed by atoms with Gasteiger partial charge in [0.2, 0.25) is 5.91 Å². The second-order valence-corrected chi connectivity index (χ2v) is 5.16. The van der Waals surface area contributed by atoms with Gasteiger partial charge in [-0.2, -0.15) is 0 Å². The second-order valence-electron chi connectivity index (χ2n) is 5.16. The molecule has 0 aliphatic heterocycles. The van der Waals surface area contributed by atoms with E-state index in [9.17, 15) is 19.5 Å². The van der Waals surface area contributed by atoms with Gasteiger partial charge in [-0.15, -0.1) is 0 Å². The van der Waals surface area contributed by atoms with Crippen LogP contribution in [-0.4, -0.2) is 54.5 Å². The van der Waals surface area contributed by atoms with E-state index in [1.54, 1.807) is 20.8 Å². The topological polar surface area (TPSA) is 114 Å². The van der Waals surface area contributed by atoms with Gasteiger partial charge in [0.15, 0.2) is 6.04 Å². The quantitative estimate of drug-likeness (QED) is 0.591. The van der Waals surface area contributed by atoms with Crippen molar-refractivity contribution in [2.24, 2.45) is 0 Å². The van der Waals surface area contributed by atoms with Crippen molar-refractivity contribution in [3.8, 4) is 0 Å². The monoisotopic (exact) mass is 290 g/mol. The number of hydrogen-bond acceptors (Lipinski definition) is 6. The van der Waals surface area contributed by atoms with Crippen molar-refractivity contribution in [2.75, 3.05) is 13.7 Å². The first-order valence-electron chi connectivity index (χ1n) is 6.09. The largest absolute Gasteiger partial charge is 0.467 e. The van der Waals surface area contributed by atoms with E-state index in [1.807, 2.05) is 0 Å². The molecule has 0 fully saturated rings. The Morgan fingerprint density at radius 3 is 2.20 bits per heavy atom. The van der Waals surface area contributed by atoms with Gasteiger partial charge in [0.25, 0.3) is 0 Å². The van der Waals surface area contributed by atoms with Crippen LogP contribution in [0.4, 0.5) is 4.79 Å². The van der Waals surface area contributed by atoms with Gasteiger partial charge < -0.3 is 25.2 Å². The summed E-state index contributed by atoms with van der Waals surface area (Å²) in [6.07, 6.45) is -1.87. The third-order valence-electron chi connectivity index (χ3n) is 2.05. The van der Waals surface area contributed by atoms with Gasteiger partial charge >= 0.3 is 12.1 Å². The molecule has 2 atom stereocenters. The molecule has 0 aromatic heterocycles. The summed E-state index contributed by atoms with van der Waals surface area (Å²) in [5, 5.41) is 13.9. The van der Waals surface area contributed by atoms with Crippen molar-refractivity contribution in [3.63, 3.8) is 0 Å². The third-order valence-corrected chi connectivity index (χ3v) is 2.05. The summed E-state index contributed by atoms with van der Waals surface area (Å²) >= 11 is 0. The summed E-state index contributed by atoms with van der Waals surface area (Å²) in [7, 11) is 1.14. The molecule has 0 radical (unpaired) electrons. The van der Waals surface area contributed by atoms with Crippen LogP contribution in [0, 0.1) is 0 Å². The summed E-state index contributed by atoms with van der Waals surface area (Å²) < 4.78 is 9.38. The number of ether oxygens (including phenoxy) is 2. The van der Waals surface area contributed by atoms with Crippen molar-refractivity contribution >= 4 is 18.0 Å². The van der Waals surface area contributed by atoms with Crippen LogP contribution in [0.15, 0.2) is 0 Å². The standard InChI is InChI=1S/C12H22N2O6/c1-7(15)9(10(17)19-5)14-8(16)6-13-11(18)20-12(2,3)4/h7,9,15H,6H2,1-5H3,(H,13,18)(H,14,16)/t7-,9+/m1/s1. The Kier molecular flexibility index (Phi) is 6.98. The number of nitrogens with one attached hydrogen (secondary N) is 2. The molecule has 0 aromatic carbocycles. The maximum atomic E-state index is 11.5. The summed E-state index contributed by atoms with van der Waals surface area (Å²) in [5.74, 6) is -1.42. The Balaban J connectivity index is 4.28. The highest BCUT2D eigenvalue weighted by atomic mass is 16.6. The van der Waals surface area contributed by atoms with E-state index in [-0.39, 0.29) is 6.54 Å². The Morgan fingerprint density at radius 1 is 1.25 bits per heavy atom. The van der Waals surface area contributed by atoms with Gasteiger partial charge in [-0.3, -0.25) is 4.79 Å². The van der Waals surface area contributed by atoms with Crippen LogP contribution in [0.25, 0.3) is 0 Å². The van der Waals surface area contributed by atoms with Gasteiger partial charge in [-0.25, -0.2) is 9.59 Å². The lowest BCUT2D eigenvalue weighted by Crippen LogP contribution is -2.51. The van der Waals surface area contributed by atoms with Crippen LogP contribution >= 0.6 is 0 Å². The highest BCUT2D eigenvalue weighted by Crippen LogP contribution is 2.06. The number of carbonyl (C=O) groups is 3. The van der Waals surface area contributed by atoms with Crippen LogP contribution in [0.2, 0.25) is 0 Å². The SMILES string of the molecule is COC(=O)[C@@H](NC(=O)CNC(=O)OC(C)(C)C)[C@@H](C)O. The van der Waals surface area contributed by atoms with Crippen molar-refractivity contribution in [3.05, 3.63) is 0 Å². The molecule has 2 amide bonds. The van der Waals surface area contributed by atoms with Gasteiger partial charge in [-0.05, 0) is 27.7 Å².